The lowest BCUT2D eigenvalue weighted by Crippen LogP contribution is -2.26. The first-order chi connectivity index (χ1) is 6.27. The van der Waals surface area contributed by atoms with Gasteiger partial charge in [-0.1, -0.05) is 18.6 Å². The van der Waals surface area contributed by atoms with Crippen molar-refractivity contribution in [2.75, 3.05) is 0 Å². The topological polar surface area (TPSA) is 46.2 Å². The third kappa shape index (κ3) is 2.20. The first kappa shape index (κ1) is 11.3. The van der Waals surface area contributed by atoms with Crippen LogP contribution in [0.25, 0.3) is 0 Å². The summed E-state index contributed by atoms with van der Waals surface area (Å²) in [5.41, 5.74) is 7.12. The zero-order chi connectivity index (χ0) is 9.26. The molecule has 1 aromatic rings. The molecule has 1 aromatic carbocycles. The van der Waals surface area contributed by atoms with E-state index in [2.05, 4.69) is 0 Å². The molecule has 1 fully saturated rings. The Morgan fingerprint density at radius 1 is 1.36 bits per heavy atom. The van der Waals surface area contributed by atoms with Gasteiger partial charge in [0.25, 0.3) is 0 Å². The van der Waals surface area contributed by atoms with Crippen LogP contribution in [0.15, 0.2) is 24.3 Å². The number of phenolic OH excluding ortho intramolecular Hbond substituents is 1. The van der Waals surface area contributed by atoms with Gasteiger partial charge in [0.05, 0.1) is 0 Å². The maximum Gasteiger partial charge on any atom is 0.115 e. The lowest BCUT2D eigenvalue weighted by Gasteiger charge is -2.31. The Bertz CT molecular complexity index is 299. The van der Waals surface area contributed by atoms with E-state index >= 15 is 0 Å². The molecule has 1 saturated carbocycles. The van der Waals surface area contributed by atoms with Crippen LogP contribution in [-0.4, -0.2) is 5.11 Å². The molecule has 0 bridgehead atoms. The lowest BCUT2D eigenvalue weighted by molar-refractivity contribution is 0.264. The van der Waals surface area contributed by atoms with E-state index in [0.29, 0.717) is 11.7 Å². The van der Waals surface area contributed by atoms with E-state index < -0.39 is 0 Å². The normalized spacial score (nSPS) is 18.1. The van der Waals surface area contributed by atoms with Gasteiger partial charge in [-0.2, -0.15) is 0 Å². The Kier molecular flexibility index (Phi) is 3.78. The maximum absolute atomic E-state index is 9.28. The van der Waals surface area contributed by atoms with Crippen molar-refractivity contribution in [1.82, 2.24) is 0 Å². The van der Waals surface area contributed by atoms with Crippen molar-refractivity contribution in [3.63, 3.8) is 0 Å². The van der Waals surface area contributed by atoms with Crippen LogP contribution in [0.5, 0.6) is 5.75 Å². The van der Waals surface area contributed by atoms with E-state index in [9.17, 15) is 5.11 Å². The number of aromatic hydroxyl groups is 1. The first-order valence-electron chi connectivity index (χ1n) is 4.82. The Morgan fingerprint density at radius 2 is 2.07 bits per heavy atom. The highest BCUT2D eigenvalue weighted by molar-refractivity contribution is 5.85. The zero-order valence-electron chi connectivity index (χ0n) is 8.02. The predicted octanol–water partition coefficient (Wildman–Crippen LogP) is 2.61. The van der Waals surface area contributed by atoms with E-state index in [1.807, 2.05) is 12.1 Å². The summed E-state index contributed by atoms with van der Waals surface area (Å²) in [6.07, 6.45) is 3.77. The van der Waals surface area contributed by atoms with Crippen LogP contribution in [-0.2, 0) is 0 Å². The average Bonchev–Trinajstić information content (AvgIpc) is 2.01. The minimum atomic E-state index is 0. The summed E-state index contributed by atoms with van der Waals surface area (Å²) >= 11 is 0. The van der Waals surface area contributed by atoms with Crippen molar-refractivity contribution >= 4 is 12.4 Å². The fourth-order valence-corrected chi connectivity index (χ4v) is 1.80. The molecule has 0 unspecified atom stereocenters. The van der Waals surface area contributed by atoms with E-state index in [4.69, 9.17) is 5.73 Å². The van der Waals surface area contributed by atoms with E-state index in [1.165, 1.54) is 19.3 Å². The molecular formula is C11H16ClNO. The van der Waals surface area contributed by atoms with Crippen molar-refractivity contribution in [2.45, 2.75) is 25.3 Å². The van der Waals surface area contributed by atoms with E-state index in [0.717, 1.165) is 5.56 Å². The molecule has 0 aliphatic heterocycles. The molecule has 0 heterocycles. The Hall–Kier alpha value is -0.730. The van der Waals surface area contributed by atoms with Gasteiger partial charge < -0.3 is 10.8 Å². The molecule has 0 aromatic heterocycles. The Labute approximate surface area is 90.5 Å². The van der Waals surface area contributed by atoms with Gasteiger partial charge in [0.2, 0.25) is 0 Å². The third-order valence-corrected chi connectivity index (χ3v) is 2.91. The van der Waals surface area contributed by atoms with Crippen molar-refractivity contribution < 1.29 is 5.11 Å². The highest BCUT2D eigenvalue weighted by Crippen LogP contribution is 2.36. The Balaban J connectivity index is 0.000000980. The van der Waals surface area contributed by atoms with Gasteiger partial charge in [-0.15, -0.1) is 12.4 Å². The van der Waals surface area contributed by atoms with Gasteiger partial charge in [0.1, 0.15) is 5.75 Å². The smallest absolute Gasteiger partial charge is 0.115 e. The van der Waals surface area contributed by atoms with Crippen molar-refractivity contribution in [3.05, 3.63) is 29.8 Å². The molecule has 2 rings (SSSR count). The number of hydrogen-bond acceptors (Lipinski definition) is 2. The molecule has 3 heteroatoms. The molecule has 14 heavy (non-hydrogen) atoms. The molecule has 0 saturated heterocycles. The highest BCUT2D eigenvalue weighted by Gasteiger charge is 2.25. The van der Waals surface area contributed by atoms with Crippen LogP contribution < -0.4 is 5.73 Å². The molecule has 1 atom stereocenters. The molecular weight excluding hydrogens is 198 g/mol. The zero-order valence-corrected chi connectivity index (χ0v) is 8.83. The van der Waals surface area contributed by atoms with Gasteiger partial charge in [-0.3, -0.25) is 0 Å². The quantitative estimate of drug-likeness (QED) is 0.794. The van der Waals surface area contributed by atoms with Crippen molar-refractivity contribution in [3.8, 4) is 5.75 Å². The minimum Gasteiger partial charge on any atom is -0.508 e. The molecule has 1 aliphatic carbocycles. The summed E-state index contributed by atoms with van der Waals surface area (Å²) < 4.78 is 0. The SMILES string of the molecule is Cl.N[C@@H](c1cccc(O)c1)C1CCC1. The second-order valence-corrected chi connectivity index (χ2v) is 3.81. The second-order valence-electron chi connectivity index (χ2n) is 3.81. The van der Waals surface area contributed by atoms with Gasteiger partial charge in [0, 0.05) is 6.04 Å². The van der Waals surface area contributed by atoms with Crippen LogP contribution in [0.3, 0.4) is 0 Å². The van der Waals surface area contributed by atoms with Gasteiger partial charge >= 0.3 is 0 Å². The lowest BCUT2D eigenvalue weighted by atomic mass is 9.77. The number of benzene rings is 1. The summed E-state index contributed by atoms with van der Waals surface area (Å²) in [5, 5.41) is 9.28. The van der Waals surface area contributed by atoms with Crippen LogP contribution in [0.2, 0.25) is 0 Å². The fourth-order valence-electron chi connectivity index (χ4n) is 1.80. The molecule has 3 N–H and O–H groups in total. The monoisotopic (exact) mass is 213 g/mol. The predicted molar refractivity (Wildman–Crippen MR) is 59.6 cm³/mol. The standard InChI is InChI=1S/C11H15NO.ClH/c12-11(8-3-1-4-8)9-5-2-6-10(13)7-9;/h2,5-8,11,13H,1,3-4,12H2;1H/t11-;/m1./s1. The summed E-state index contributed by atoms with van der Waals surface area (Å²) in [7, 11) is 0. The Morgan fingerprint density at radius 3 is 2.57 bits per heavy atom. The van der Waals surface area contributed by atoms with E-state index in [-0.39, 0.29) is 18.4 Å². The molecule has 0 amide bonds. The second kappa shape index (κ2) is 4.67. The minimum absolute atomic E-state index is 0. The maximum atomic E-state index is 9.28. The largest absolute Gasteiger partial charge is 0.508 e. The summed E-state index contributed by atoms with van der Waals surface area (Å²) in [6, 6.07) is 7.40. The summed E-state index contributed by atoms with van der Waals surface area (Å²) in [6.45, 7) is 0. The molecule has 0 spiro atoms. The fraction of sp³-hybridized carbons (Fsp3) is 0.455. The van der Waals surface area contributed by atoms with Crippen LogP contribution in [0.4, 0.5) is 0 Å². The summed E-state index contributed by atoms with van der Waals surface area (Å²) in [5.74, 6) is 0.939. The molecule has 0 radical (unpaired) electrons. The van der Waals surface area contributed by atoms with Crippen molar-refractivity contribution in [1.29, 1.82) is 0 Å². The van der Waals surface area contributed by atoms with Crippen LogP contribution >= 0.6 is 12.4 Å². The number of rotatable bonds is 2. The number of halogens is 1. The average molecular weight is 214 g/mol. The number of hydrogen-bond donors (Lipinski definition) is 2. The van der Waals surface area contributed by atoms with Gasteiger partial charge in [-0.25, -0.2) is 0 Å². The van der Waals surface area contributed by atoms with Gasteiger partial charge in [-0.05, 0) is 36.5 Å². The molecule has 78 valence electrons. The van der Waals surface area contributed by atoms with Crippen LogP contribution in [0.1, 0.15) is 30.9 Å². The highest BCUT2D eigenvalue weighted by atomic mass is 35.5. The molecule has 1 aliphatic rings. The van der Waals surface area contributed by atoms with E-state index in [1.54, 1.807) is 12.1 Å². The van der Waals surface area contributed by atoms with Crippen molar-refractivity contribution in [2.24, 2.45) is 11.7 Å². The summed E-state index contributed by atoms with van der Waals surface area (Å²) in [4.78, 5) is 0. The molecule has 2 nitrogen and oxygen atoms in total. The third-order valence-electron chi connectivity index (χ3n) is 2.91. The van der Waals surface area contributed by atoms with Crippen LogP contribution in [0, 0.1) is 5.92 Å². The first-order valence-corrected chi connectivity index (χ1v) is 4.82. The number of phenols is 1. The van der Waals surface area contributed by atoms with Gasteiger partial charge in [0.15, 0.2) is 0 Å². The number of nitrogens with two attached hydrogens (primary N) is 1.